The Kier molecular flexibility index (Phi) is 2.60. The van der Waals surface area contributed by atoms with E-state index < -0.39 is 0 Å². The molecule has 1 aliphatic rings. The van der Waals surface area contributed by atoms with Gasteiger partial charge in [0, 0.05) is 10.9 Å². The summed E-state index contributed by atoms with van der Waals surface area (Å²) in [5.41, 5.74) is 1.37. The third kappa shape index (κ3) is 1.57. The van der Waals surface area contributed by atoms with E-state index in [4.69, 9.17) is 11.6 Å². The zero-order chi connectivity index (χ0) is 12.1. The zero-order valence-corrected chi connectivity index (χ0v) is 11.0. The Bertz CT molecular complexity index is 378. The molecule has 0 aliphatic heterocycles. The van der Waals surface area contributed by atoms with Gasteiger partial charge in [-0.1, -0.05) is 51.4 Å². The summed E-state index contributed by atoms with van der Waals surface area (Å²) in [5.74, 6) is 0.321. The van der Waals surface area contributed by atoms with Gasteiger partial charge in [-0.05, 0) is 28.5 Å². The lowest BCUT2D eigenvalue weighted by atomic mass is 10.00. The summed E-state index contributed by atoms with van der Waals surface area (Å²) in [7, 11) is 0. The number of aliphatic hydroxyl groups excluding tert-OH is 1. The van der Waals surface area contributed by atoms with Gasteiger partial charge in [-0.3, -0.25) is 0 Å². The van der Waals surface area contributed by atoms with E-state index >= 15 is 0 Å². The van der Waals surface area contributed by atoms with E-state index in [0.717, 1.165) is 5.56 Å². The second-order valence-corrected chi connectivity index (χ2v) is 6.35. The smallest absolute Gasteiger partial charge is 0.0828 e. The molecule has 2 rings (SSSR count). The summed E-state index contributed by atoms with van der Waals surface area (Å²) >= 11 is 5.84. The molecule has 1 aromatic carbocycles. The number of hydrogen-bond donors (Lipinski definition) is 1. The second kappa shape index (κ2) is 3.48. The molecule has 1 atom stereocenters. The van der Waals surface area contributed by atoms with Crippen LogP contribution in [0.2, 0.25) is 5.02 Å². The van der Waals surface area contributed by atoms with E-state index in [1.54, 1.807) is 0 Å². The molecule has 0 heterocycles. The Morgan fingerprint density at radius 2 is 1.50 bits per heavy atom. The molecular formula is C14H19ClO. The molecular weight excluding hydrogens is 220 g/mol. The predicted octanol–water partition coefficient (Wildman–Crippen LogP) is 4.06. The van der Waals surface area contributed by atoms with Crippen molar-refractivity contribution in [3.63, 3.8) is 0 Å². The fraction of sp³-hybridized carbons (Fsp3) is 0.571. The average Bonchev–Trinajstić information content (AvgIpc) is 2.57. The van der Waals surface area contributed by atoms with E-state index in [1.165, 1.54) is 0 Å². The zero-order valence-electron chi connectivity index (χ0n) is 10.3. The first-order chi connectivity index (χ1) is 7.28. The predicted molar refractivity (Wildman–Crippen MR) is 67.5 cm³/mol. The maximum absolute atomic E-state index is 10.4. The highest BCUT2D eigenvalue weighted by Gasteiger charge is 2.67. The molecule has 1 aliphatic carbocycles. The third-order valence-corrected chi connectivity index (χ3v) is 4.91. The van der Waals surface area contributed by atoms with Gasteiger partial charge < -0.3 is 5.11 Å². The molecule has 1 N–H and O–H groups in total. The molecule has 1 aromatic rings. The lowest BCUT2D eigenvalue weighted by Gasteiger charge is -2.13. The number of halogens is 1. The van der Waals surface area contributed by atoms with Crippen molar-refractivity contribution < 1.29 is 5.11 Å². The largest absolute Gasteiger partial charge is 0.388 e. The maximum atomic E-state index is 10.4. The molecule has 1 fully saturated rings. The van der Waals surface area contributed by atoms with Crippen molar-refractivity contribution in [1.82, 2.24) is 0 Å². The summed E-state index contributed by atoms with van der Waals surface area (Å²) < 4.78 is 0. The first-order valence-electron chi connectivity index (χ1n) is 5.72. The average molecular weight is 239 g/mol. The van der Waals surface area contributed by atoms with Crippen molar-refractivity contribution in [3.8, 4) is 0 Å². The van der Waals surface area contributed by atoms with Crippen LogP contribution in [0.5, 0.6) is 0 Å². The SMILES string of the molecule is CC1(C)C(C(O)c2ccc(Cl)cc2)C1(C)C. The molecule has 2 heteroatoms. The lowest BCUT2D eigenvalue weighted by Crippen LogP contribution is -2.05. The summed E-state index contributed by atoms with van der Waals surface area (Å²) in [6.45, 7) is 8.88. The maximum Gasteiger partial charge on any atom is 0.0828 e. The van der Waals surface area contributed by atoms with Crippen LogP contribution in [0.1, 0.15) is 39.4 Å². The summed E-state index contributed by atoms with van der Waals surface area (Å²) in [4.78, 5) is 0. The highest BCUT2D eigenvalue weighted by atomic mass is 35.5. The minimum Gasteiger partial charge on any atom is -0.388 e. The van der Waals surface area contributed by atoms with Crippen molar-refractivity contribution in [2.24, 2.45) is 16.7 Å². The molecule has 1 unspecified atom stereocenters. The van der Waals surface area contributed by atoms with Crippen LogP contribution in [0.4, 0.5) is 0 Å². The van der Waals surface area contributed by atoms with Gasteiger partial charge in [0.25, 0.3) is 0 Å². The molecule has 16 heavy (non-hydrogen) atoms. The molecule has 1 nitrogen and oxygen atoms in total. The van der Waals surface area contributed by atoms with Crippen LogP contribution >= 0.6 is 11.6 Å². The van der Waals surface area contributed by atoms with Gasteiger partial charge in [0.15, 0.2) is 0 Å². The number of rotatable bonds is 2. The highest BCUT2D eigenvalue weighted by molar-refractivity contribution is 6.30. The first-order valence-corrected chi connectivity index (χ1v) is 6.10. The van der Waals surface area contributed by atoms with Crippen LogP contribution in [0.3, 0.4) is 0 Å². The van der Waals surface area contributed by atoms with Gasteiger partial charge in [-0.15, -0.1) is 0 Å². The van der Waals surface area contributed by atoms with E-state index in [0.29, 0.717) is 10.9 Å². The Morgan fingerprint density at radius 3 is 1.88 bits per heavy atom. The molecule has 0 aromatic heterocycles. The summed E-state index contributed by atoms with van der Waals surface area (Å²) in [6, 6.07) is 7.50. The topological polar surface area (TPSA) is 20.2 Å². The molecule has 0 amide bonds. The fourth-order valence-corrected chi connectivity index (χ4v) is 3.02. The minimum atomic E-state index is -0.387. The molecule has 88 valence electrons. The molecule has 0 saturated heterocycles. The Labute approximate surface area is 102 Å². The van der Waals surface area contributed by atoms with Gasteiger partial charge in [-0.2, -0.15) is 0 Å². The van der Waals surface area contributed by atoms with Gasteiger partial charge >= 0.3 is 0 Å². The molecule has 0 bridgehead atoms. The first kappa shape index (κ1) is 11.9. The van der Waals surface area contributed by atoms with Gasteiger partial charge in [-0.25, -0.2) is 0 Å². The van der Waals surface area contributed by atoms with Gasteiger partial charge in [0.1, 0.15) is 0 Å². The van der Waals surface area contributed by atoms with E-state index in [2.05, 4.69) is 27.7 Å². The van der Waals surface area contributed by atoms with Gasteiger partial charge in [0.2, 0.25) is 0 Å². The highest BCUT2D eigenvalue weighted by Crippen LogP contribution is 2.72. The standard InChI is InChI=1S/C14H19ClO/c1-13(2)12(14(13,3)4)11(16)9-5-7-10(15)8-6-9/h5-8,11-12,16H,1-4H3. The quantitative estimate of drug-likeness (QED) is 0.824. The van der Waals surface area contributed by atoms with Crippen LogP contribution < -0.4 is 0 Å². The summed E-state index contributed by atoms with van der Waals surface area (Å²) in [6.07, 6.45) is -0.387. The van der Waals surface area contributed by atoms with Crippen molar-refractivity contribution in [1.29, 1.82) is 0 Å². The van der Waals surface area contributed by atoms with Crippen molar-refractivity contribution in [2.75, 3.05) is 0 Å². The molecule has 1 saturated carbocycles. The number of hydrogen-bond acceptors (Lipinski definition) is 1. The summed E-state index contributed by atoms with van der Waals surface area (Å²) in [5, 5.41) is 11.1. The molecule has 0 spiro atoms. The molecule has 0 radical (unpaired) electrons. The van der Waals surface area contributed by atoms with Crippen LogP contribution in [-0.4, -0.2) is 5.11 Å². The van der Waals surface area contributed by atoms with Crippen LogP contribution in [0.15, 0.2) is 24.3 Å². The Balaban J connectivity index is 2.22. The van der Waals surface area contributed by atoms with E-state index in [1.807, 2.05) is 24.3 Å². The number of aliphatic hydroxyl groups is 1. The fourth-order valence-electron chi connectivity index (χ4n) is 2.89. The monoisotopic (exact) mass is 238 g/mol. The van der Waals surface area contributed by atoms with Crippen molar-refractivity contribution >= 4 is 11.6 Å². The Morgan fingerprint density at radius 1 is 1.06 bits per heavy atom. The van der Waals surface area contributed by atoms with Crippen LogP contribution in [-0.2, 0) is 0 Å². The normalized spacial score (nSPS) is 24.1. The Hall–Kier alpha value is -0.530. The van der Waals surface area contributed by atoms with Crippen molar-refractivity contribution in [2.45, 2.75) is 33.8 Å². The van der Waals surface area contributed by atoms with Crippen LogP contribution in [0.25, 0.3) is 0 Å². The third-order valence-electron chi connectivity index (χ3n) is 4.66. The van der Waals surface area contributed by atoms with Crippen LogP contribution in [0, 0.1) is 16.7 Å². The number of benzene rings is 1. The second-order valence-electron chi connectivity index (χ2n) is 5.92. The van der Waals surface area contributed by atoms with E-state index in [-0.39, 0.29) is 16.9 Å². The van der Waals surface area contributed by atoms with Gasteiger partial charge in [0.05, 0.1) is 6.10 Å². The van der Waals surface area contributed by atoms with E-state index in [9.17, 15) is 5.11 Å². The lowest BCUT2D eigenvalue weighted by molar-refractivity contribution is 0.131. The van der Waals surface area contributed by atoms with Crippen molar-refractivity contribution in [3.05, 3.63) is 34.9 Å². The minimum absolute atomic E-state index is 0.200.